The summed E-state index contributed by atoms with van der Waals surface area (Å²) in [6.45, 7) is 4.36. The molecule has 5 rings (SSSR count). The van der Waals surface area contributed by atoms with Crippen molar-refractivity contribution in [2.75, 3.05) is 13.7 Å². The van der Waals surface area contributed by atoms with Crippen molar-refractivity contribution in [1.82, 2.24) is 0 Å². The zero-order valence-electron chi connectivity index (χ0n) is 22.5. The molecule has 0 saturated carbocycles. The molecule has 0 aliphatic carbocycles. The lowest BCUT2D eigenvalue weighted by Crippen LogP contribution is -2.10. The van der Waals surface area contributed by atoms with Crippen molar-refractivity contribution in [2.45, 2.75) is 13.8 Å². The highest BCUT2D eigenvalue weighted by atomic mass is 16.6. The van der Waals surface area contributed by atoms with Gasteiger partial charge in [-0.05, 0) is 55.8 Å². The van der Waals surface area contributed by atoms with Gasteiger partial charge < -0.3 is 18.6 Å². The molecule has 0 spiro atoms. The van der Waals surface area contributed by atoms with Crippen molar-refractivity contribution < 1.29 is 28.2 Å². The minimum atomic E-state index is -0.595. The largest absolute Gasteiger partial charge is 0.494 e. The fourth-order valence-corrected chi connectivity index (χ4v) is 4.34. The molecule has 0 bridgehead atoms. The molecule has 0 fully saturated rings. The normalized spacial score (nSPS) is 11.1. The van der Waals surface area contributed by atoms with Crippen molar-refractivity contribution in [3.63, 3.8) is 0 Å². The Hall–Kier alpha value is -5.10. The Kier molecular flexibility index (Phi) is 7.78. The number of hydrogen-bond donors (Lipinski definition) is 0. The third kappa shape index (κ3) is 5.66. The molecule has 0 aliphatic rings. The molecule has 0 N–H and O–H groups in total. The van der Waals surface area contributed by atoms with Crippen LogP contribution in [0.25, 0.3) is 28.4 Å². The van der Waals surface area contributed by atoms with Crippen LogP contribution in [0.5, 0.6) is 17.2 Å². The van der Waals surface area contributed by atoms with E-state index in [-0.39, 0.29) is 17.1 Å². The Labute approximate surface area is 232 Å². The third-order valence-corrected chi connectivity index (χ3v) is 6.36. The molecule has 0 unspecified atom stereocenters. The minimum absolute atomic E-state index is 0.110. The first-order valence-electron chi connectivity index (χ1n) is 12.9. The molecular formula is C34H28O6. The van der Waals surface area contributed by atoms with Gasteiger partial charge in [-0.1, -0.05) is 72.3 Å². The lowest BCUT2D eigenvalue weighted by molar-refractivity contribution is 0.0731. The first-order chi connectivity index (χ1) is 19.5. The fraction of sp³-hybridized carbons (Fsp3) is 0.118. The van der Waals surface area contributed by atoms with Crippen molar-refractivity contribution in [1.29, 1.82) is 0 Å². The second kappa shape index (κ2) is 11.7. The van der Waals surface area contributed by atoms with Gasteiger partial charge in [0.1, 0.15) is 22.7 Å². The summed E-state index contributed by atoms with van der Waals surface area (Å²) in [6, 6.07) is 27.3. The number of fused-ring (bicyclic) bond motifs is 1. The van der Waals surface area contributed by atoms with Crippen LogP contribution in [0.3, 0.4) is 0 Å². The van der Waals surface area contributed by atoms with E-state index in [0.717, 1.165) is 16.7 Å². The summed E-state index contributed by atoms with van der Waals surface area (Å²) in [5.74, 6) is 0.913. The van der Waals surface area contributed by atoms with E-state index in [1.54, 1.807) is 54.6 Å². The van der Waals surface area contributed by atoms with Gasteiger partial charge in [0.25, 0.3) is 0 Å². The van der Waals surface area contributed by atoms with E-state index in [4.69, 9.17) is 18.6 Å². The predicted molar refractivity (Wildman–Crippen MR) is 155 cm³/mol. The van der Waals surface area contributed by atoms with Gasteiger partial charge in [0, 0.05) is 16.5 Å². The number of carbonyl (C=O) groups excluding carboxylic acids is 2. The summed E-state index contributed by atoms with van der Waals surface area (Å²) in [5.41, 5.74) is 3.99. The Morgan fingerprint density at radius 1 is 0.875 bits per heavy atom. The molecular weight excluding hydrogens is 504 g/mol. The molecule has 1 aromatic heterocycles. The molecule has 200 valence electrons. The highest BCUT2D eigenvalue weighted by molar-refractivity contribution is 6.10. The molecule has 1 heterocycles. The van der Waals surface area contributed by atoms with Gasteiger partial charge in [-0.25, -0.2) is 4.79 Å². The van der Waals surface area contributed by atoms with Crippen LogP contribution in [-0.4, -0.2) is 25.5 Å². The van der Waals surface area contributed by atoms with Crippen molar-refractivity contribution in [3.05, 3.63) is 119 Å². The average molecular weight is 533 g/mol. The number of esters is 1. The van der Waals surface area contributed by atoms with Crippen LogP contribution in [0, 0.1) is 6.92 Å². The summed E-state index contributed by atoms with van der Waals surface area (Å²) in [6.07, 6.45) is 3.20. The SMILES string of the molecule is CCOc1ccc2oc(-c3ccccc3)c(C(=O)Oc3ccc(C=CC(=O)c4ccc(C)cc4)cc3OC)c2c1. The molecule has 0 radical (unpaired) electrons. The monoisotopic (exact) mass is 532 g/mol. The number of furan rings is 1. The zero-order chi connectivity index (χ0) is 28.1. The van der Waals surface area contributed by atoms with Gasteiger partial charge in [-0.3, -0.25) is 4.79 Å². The van der Waals surface area contributed by atoms with Crippen LogP contribution in [0.4, 0.5) is 0 Å². The summed E-state index contributed by atoms with van der Waals surface area (Å²) < 4.78 is 23.2. The summed E-state index contributed by atoms with van der Waals surface area (Å²) in [5, 5.41) is 0.586. The van der Waals surface area contributed by atoms with Gasteiger partial charge in [0.15, 0.2) is 17.3 Å². The molecule has 6 heteroatoms. The topological polar surface area (TPSA) is 75.0 Å². The maximum Gasteiger partial charge on any atom is 0.348 e. The standard InChI is InChI=1S/C34H28O6/c1-4-38-26-16-19-29-27(21-26)32(33(39-29)25-8-6-5-7-9-25)34(36)40-30-18-13-23(20-31(30)37-3)12-17-28(35)24-14-10-22(2)11-15-24/h5-21H,4H2,1-3H3. The lowest BCUT2D eigenvalue weighted by Gasteiger charge is -2.11. The summed E-state index contributed by atoms with van der Waals surface area (Å²) in [4.78, 5) is 26.2. The smallest absolute Gasteiger partial charge is 0.348 e. The minimum Gasteiger partial charge on any atom is -0.494 e. The van der Waals surface area contributed by atoms with Gasteiger partial charge in [-0.15, -0.1) is 0 Å². The van der Waals surface area contributed by atoms with Crippen molar-refractivity contribution in [2.24, 2.45) is 0 Å². The van der Waals surface area contributed by atoms with E-state index in [9.17, 15) is 9.59 Å². The number of rotatable bonds is 9. The number of ether oxygens (including phenoxy) is 3. The number of aryl methyl sites for hydroxylation is 1. The van der Waals surface area contributed by atoms with E-state index in [2.05, 4.69) is 0 Å². The van der Waals surface area contributed by atoms with Crippen LogP contribution in [0.1, 0.15) is 38.8 Å². The quantitative estimate of drug-likeness (QED) is 0.0830. The maximum atomic E-state index is 13.7. The second-order valence-electron chi connectivity index (χ2n) is 9.13. The number of carbonyl (C=O) groups is 2. The lowest BCUT2D eigenvalue weighted by atomic mass is 10.1. The third-order valence-electron chi connectivity index (χ3n) is 6.36. The molecule has 0 atom stereocenters. The number of hydrogen-bond acceptors (Lipinski definition) is 6. The Morgan fingerprint density at radius 3 is 2.38 bits per heavy atom. The van der Waals surface area contributed by atoms with E-state index in [1.165, 1.54) is 13.2 Å². The van der Waals surface area contributed by atoms with E-state index >= 15 is 0 Å². The zero-order valence-corrected chi connectivity index (χ0v) is 22.5. The van der Waals surface area contributed by atoms with Crippen molar-refractivity contribution >= 4 is 28.8 Å². The second-order valence-corrected chi connectivity index (χ2v) is 9.13. The molecule has 40 heavy (non-hydrogen) atoms. The highest BCUT2D eigenvalue weighted by Gasteiger charge is 2.25. The van der Waals surface area contributed by atoms with Gasteiger partial charge in [0.2, 0.25) is 0 Å². The van der Waals surface area contributed by atoms with Gasteiger partial charge in [-0.2, -0.15) is 0 Å². The van der Waals surface area contributed by atoms with Gasteiger partial charge in [0.05, 0.1) is 13.7 Å². The maximum absolute atomic E-state index is 13.7. The summed E-state index contributed by atoms with van der Waals surface area (Å²) in [7, 11) is 1.49. The van der Waals surface area contributed by atoms with Crippen LogP contribution in [0.15, 0.2) is 101 Å². The molecule has 0 amide bonds. The fourth-order valence-electron chi connectivity index (χ4n) is 4.34. The molecule has 0 saturated heterocycles. The molecule has 0 aliphatic heterocycles. The summed E-state index contributed by atoms with van der Waals surface area (Å²) >= 11 is 0. The first-order valence-corrected chi connectivity index (χ1v) is 12.9. The first kappa shape index (κ1) is 26.5. The van der Waals surface area contributed by atoms with Crippen molar-refractivity contribution in [3.8, 4) is 28.6 Å². The Bertz CT molecular complexity index is 1690. The van der Waals surface area contributed by atoms with Crippen LogP contribution >= 0.6 is 0 Å². The molecule has 4 aromatic carbocycles. The number of ketones is 1. The Morgan fingerprint density at radius 2 is 1.65 bits per heavy atom. The highest BCUT2D eigenvalue weighted by Crippen LogP contribution is 2.37. The van der Waals surface area contributed by atoms with Gasteiger partial charge >= 0.3 is 5.97 Å². The number of methoxy groups -OCH3 is 1. The van der Waals surface area contributed by atoms with Crippen LogP contribution in [-0.2, 0) is 0 Å². The Balaban J connectivity index is 1.45. The van der Waals surface area contributed by atoms with E-state index in [0.29, 0.717) is 40.4 Å². The molecule has 5 aromatic rings. The number of allylic oxidation sites excluding steroid dienone is 1. The van der Waals surface area contributed by atoms with E-state index in [1.807, 2.05) is 56.3 Å². The van der Waals surface area contributed by atoms with Crippen LogP contribution in [0.2, 0.25) is 0 Å². The van der Waals surface area contributed by atoms with E-state index < -0.39 is 5.97 Å². The molecule has 6 nitrogen and oxygen atoms in total. The predicted octanol–water partition coefficient (Wildman–Crippen LogP) is 7.93. The number of benzene rings is 4. The van der Waals surface area contributed by atoms with Crippen LogP contribution < -0.4 is 14.2 Å². The average Bonchev–Trinajstić information content (AvgIpc) is 3.36.